The number of rotatable bonds is 5. The predicted molar refractivity (Wildman–Crippen MR) is 77.3 cm³/mol. The normalized spacial score (nSPS) is 22.3. The van der Waals surface area contributed by atoms with E-state index in [1.165, 1.54) is 17.7 Å². The SMILES string of the molecule is CN(CC1CCCCO1)C(CN)c1cc(Cl)cs1. The van der Waals surface area contributed by atoms with Crippen LogP contribution in [0.3, 0.4) is 0 Å². The Bertz CT molecular complexity index is 366. The van der Waals surface area contributed by atoms with Gasteiger partial charge in [0, 0.05) is 30.0 Å². The lowest BCUT2D eigenvalue weighted by Crippen LogP contribution is -2.38. The number of nitrogens with zero attached hydrogens (tertiary/aromatic N) is 1. The molecule has 1 aliphatic heterocycles. The average molecular weight is 289 g/mol. The Kier molecular flexibility index (Phi) is 5.45. The quantitative estimate of drug-likeness (QED) is 0.905. The third-order valence-electron chi connectivity index (χ3n) is 3.44. The molecule has 0 spiro atoms. The van der Waals surface area contributed by atoms with Crippen LogP contribution in [0, 0.1) is 0 Å². The van der Waals surface area contributed by atoms with Crippen molar-refractivity contribution in [2.24, 2.45) is 5.73 Å². The van der Waals surface area contributed by atoms with Crippen molar-refractivity contribution in [3.05, 3.63) is 21.3 Å². The zero-order chi connectivity index (χ0) is 13.0. The highest BCUT2D eigenvalue weighted by Crippen LogP contribution is 2.28. The molecule has 0 aromatic carbocycles. The van der Waals surface area contributed by atoms with Gasteiger partial charge in [-0.15, -0.1) is 11.3 Å². The summed E-state index contributed by atoms with van der Waals surface area (Å²) in [6.45, 7) is 2.45. The fraction of sp³-hybridized carbons (Fsp3) is 0.692. The number of hydrogen-bond acceptors (Lipinski definition) is 4. The number of likely N-dealkylation sites (N-methyl/N-ethyl adjacent to an activating group) is 1. The Morgan fingerprint density at radius 1 is 1.61 bits per heavy atom. The summed E-state index contributed by atoms with van der Waals surface area (Å²) in [6, 6.07) is 2.26. The molecule has 3 nitrogen and oxygen atoms in total. The van der Waals surface area contributed by atoms with Gasteiger partial charge in [-0.1, -0.05) is 11.6 Å². The zero-order valence-corrected chi connectivity index (χ0v) is 12.3. The number of nitrogens with two attached hydrogens (primary N) is 1. The molecule has 2 atom stereocenters. The van der Waals surface area contributed by atoms with E-state index in [4.69, 9.17) is 22.1 Å². The molecule has 102 valence electrons. The maximum Gasteiger partial charge on any atom is 0.0702 e. The summed E-state index contributed by atoms with van der Waals surface area (Å²) >= 11 is 7.66. The maximum absolute atomic E-state index is 5.98. The van der Waals surface area contributed by atoms with E-state index < -0.39 is 0 Å². The summed E-state index contributed by atoms with van der Waals surface area (Å²) in [6.07, 6.45) is 3.98. The largest absolute Gasteiger partial charge is 0.377 e. The Labute approximate surface area is 118 Å². The van der Waals surface area contributed by atoms with Crippen LogP contribution >= 0.6 is 22.9 Å². The van der Waals surface area contributed by atoms with Gasteiger partial charge in [-0.25, -0.2) is 0 Å². The van der Waals surface area contributed by atoms with E-state index in [1.807, 2.05) is 11.4 Å². The van der Waals surface area contributed by atoms with Crippen LogP contribution in [0.2, 0.25) is 5.02 Å². The number of halogens is 1. The lowest BCUT2D eigenvalue weighted by molar-refractivity contribution is -0.00754. The molecule has 2 rings (SSSR count). The third kappa shape index (κ3) is 3.68. The van der Waals surface area contributed by atoms with E-state index in [2.05, 4.69) is 11.9 Å². The Morgan fingerprint density at radius 3 is 3.00 bits per heavy atom. The second kappa shape index (κ2) is 6.87. The minimum absolute atomic E-state index is 0.244. The van der Waals surface area contributed by atoms with Crippen LogP contribution in [0.5, 0.6) is 0 Å². The lowest BCUT2D eigenvalue weighted by Gasteiger charge is -2.31. The number of ether oxygens (including phenoxy) is 1. The molecule has 1 aliphatic rings. The minimum atomic E-state index is 0.244. The second-order valence-electron chi connectivity index (χ2n) is 4.85. The predicted octanol–water partition coefficient (Wildman–Crippen LogP) is 2.90. The summed E-state index contributed by atoms with van der Waals surface area (Å²) in [5, 5.41) is 2.76. The zero-order valence-electron chi connectivity index (χ0n) is 10.8. The molecule has 0 bridgehead atoms. The van der Waals surface area contributed by atoms with E-state index in [0.29, 0.717) is 12.6 Å². The monoisotopic (exact) mass is 288 g/mol. The van der Waals surface area contributed by atoms with E-state index in [1.54, 1.807) is 11.3 Å². The first kappa shape index (κ1) is 14.3. The highest BCUT2D eigenvalue weighted by molar-refractivity contribution is 7.10. The van der Waals surface area contributed by atoms with Gasteiger partial charge in [-0.05, 0) is 32.4 Å². The highest BCUT2D eigenvalue weighted by Gasteiger charge is 2.22. The molecule has 5 heteroatoms. The fourth-order valence-corrected chi connectivity index (χ4v) is 3.68. The summed E-state index contributed by atoms with van der Waals surface area (Å²) in [7, 11) is 2.11. The first-order valence-corrected chi connectivity index (χ1v) is 7.72. The van der Waals surface area contributed by atoms with Crippen molar-refractivity contribution in [3.63, 3.8) is 0 Å². The molecule has 2 heterocycles. The molecule has 0 radical (unpaired) electrons. The van der Waals surface area contributed by atoms with Crippen LogP contribution in [-0.2, 0) is 4.74 Å². The molecule has 1 fully saturated rings. The van der Waals surface area contributed by atoms with E-state index >= 15 is 0 Å². The molecule has 1 aromatic heterocycles. The van der Waals surface area contributed by atoms with Gasteiger partial charge >= 0.3 is 0 Å². The molecule has 1 saturated heterocycles. The van der Waals surface area contributed by atoms with Crippen LogP contribution in [0.1, 0.15) is 30.2 Å². The molecular formula is C13H21ClN2OS. The summed E-state index contributed by atoms with van der Waals surface area (Å²) < 4.78 is 5.78. The molecule has 0 aliphatic carbocycles. The third-order valence-corrected chi connectivity index (χ3v) is 4.82. The van der Waals surface area contributed by atoms with Crippen molar-refractivity contribution in [1.29, 1.82) is 0 Å². The van der Waals surface area contributed by atoms with Gasteiger partial charge in [0.15, 0.2) is 0 Å². The first-order valence-electron chi connectivity index (χ1n) is 6.46. The van der Waals surface area contributed by atoms with Gasteiger partial charge in [-0.2, -0.15) is 0 Å². The summed E-state index contributed by atoms with van der Waals surface area (Å²) in [4.78, 5) is 3.53. The van der Waals surface area contributed by atoms with Gasteiger partial charge in [0.25, 0.3) is 0 Å². The maximum atomic E-state index is 5.98. The topological polar surface area (TPSA) is 38.5 Å². The molecule has 18 heavy (non-hydrogen) atoms. The lowest BCUT2D eigenvalue weighted by atomic mass is 10.1. The minimum Gasteiger partial charge on any atom is -0.377 e. The van der Waals surface area contributed by atoms with Crippen LogP contribution in [0.15, 0.2) is 11.4 Å². The van der Waals surface area contributed by atoms with Crippen LogP contribution in [-0.4, -0.2) is 37.7 Å². The standard InChI is InChI=1S/C13H21ClN2OS/c1-16(8-11-4-2-3-5-17-11)12(7-15)13-6-10(14)9-18-13/h6,9,11-12H,2-5,7-8,15H2,1H3. The smallest absolute Gasteiger partial charge is 0.0702 e. The van der Waals surface area contributed by atoms with Crippen molar-refractivity contribution in [3.8, 4) is 0 Å². The van der Waals surface area contributed by atoms with Crippen molar-refractivity contribution in [2.45, 2.75) is 31.4 Å². The first-order chi connectivity index (χ1) is 8.70. The van der Waals surface area contributed by atoms with Crippen LogP contribution in [0.25, 0.3) is 0 Å². The molecule has 2 unspecified atom stereocenters. The summed E-state index contributed by atoms with van der Waals surface area (Å²) in [5.74, 6) is 0. The number of thiophene rings is 1. The van der Waals surface area contributed by atoms with Gasteiger partial charge in [0.2, 0.25) is 0 Å². The fourth-order valence-electron chi connectivity index (χ4n) is 2.42. The molecule has 1 aromatic rings. The van der Waals surface area contributed by atoms with Crippen LogP contribution < -0.4 is 5.73 Å². The van der Waals surface area contributed by atoms with Gasteiger partial charge in [0.05, 0.1) is 17.2 Å². The van der Waals surface area contributed by atoms with Crippen LogP contribution in [0.4, 0.5) is 0 Å². The van der Waals surface area contributed by atoms with E-state index in [9.17, 15) is 0 Å². The van der Waals surface area contributed by atoms with Crippen molar-refractivity contribution in [2.75, 3.05) is 26.7 Å². The second-order valence-corrected chi connectivity index (χ2v) is 6.23. The van der Waals surface area contributed by atoms with Gasteiger partial charge in [0.1, 0.15) is 0 Å². The molecular weight excluding hydrogens is 268 g/mol. The van der Waals surface area contributed by atoms with Gasteiger partial charge in [-0.3, -0.25) is 4.90 Å². The average Bonchev–Trinajstić information content (AvgIpc) is 2.78. The molecule has 2 N–H and O–H groups in total. The summed E-state index contributed by atoms with van der Waals surface area (Å²) in [5.41, 5.74) is 5.90. The van der Waals surface area contributed by atoms with Crippen molar-refractivity contribution >= 4 is 22.9 Å². The van der Waals surface area contributed by atoms with Crippen molar-refractivity contribution < 1.29 is 4.74 Å². The highest BCUT2D eigenvalue weighted by atomic mass is 35.5. The number of hydrogen-bond donors (Lipinski definition) is 1. The Hall–Kier alpha value is -0.130. The molecule has 0 saturated carbocycles. The van der Waals surface area contributed by atoms with Crippen molar-refractivity contribution in [1.82, 2.24) is 4.90 Å². The van der Waals surface area contributed by atoms with E-state index in [-0.39, 0.29) is 6.04 Å². The molecule has 0 amide bonds. The van der Waals surface area contributed by atoms with Gasteiger partial charge < -0.3 is 10.5 Å². The van der Waals surface area contributed by atoms with E-state index in [0.717, 1.165) is 24.6 Å². The Balaban J connectivity index is 1.94. The Morgan fingerprint density at radius 2 is 2.44 bits per heavy atom.